The summed E-state index contributed by atoms with van der Waals surface area (Å²) in [5.74, 6) is 0. The van der Waals surface area contributed by atoms with Gasteiger partial charge in [0.05, 0.1) is 22.6 Å². The van der Waals surface area contributed by atoms with Crippen molar-refractivity contribution >= 4 is 54.8 Å². The van der Waals surface area contributed by atoms with Crippen molar-refractivity contribution in [2.24, 2.45) is 0 Å². The molecular formula is C66H52N2. The minimum Gasteiger partial charge on any atom is -0.333 e. The number of fused-ring (bicyclic) bond motifs is 12. The molecule has 0 radical (unpaired) electrons. The van der Waals surface area contributed by atoms with Crippen molar-refractivity contribution in [2.45, 2.75) is 63.8 Å². The molecule has 0 amide bonds. The second-order valence-corrected chi connectivity index (χ2v) is 20.7. The van der Waals surface area contributed by atoms with Gasteiger partial charge in [-0.15, -0.1) is 0 Å². The summed E-state index contributed by atoms with van der Waals surface area (Å²) >= 11 is 0. The fourth-order valence-corrected chi connectivity index (χ4v) is 12.7. The monoisotopic (exact) mass is 872 g/mol. The summed E-state index contributed by atoms with van der Waals surface area (Å²) in [6.07, 6.45) is 17.4. The average Bonchev–Trinajstić information content (AvgIpc) is 4.03. The summed E-state index contributed by atoms with van der Waals surface area (Å²) in [5.41, 5.74) is 24.8. The Labute approximate surface area is 398 Å². The van der Waals surface area contributed by atoms with Gasteiger partial charge in [-0.3, -0.25) is 0 Å². The number of aromatic nitrogens is 2. The van der Waals surface area contributed by atoms with E-state index in [2.05, 4.69) is 237 Å². The quantitative estimate of drug-likeness (QED) is 0.163. The van der Waals surface area contributed by atoms with Gasteiger partial charge in [0.25, 0.3) is 0 Å². The SMILES string of the molecule is CC1(C)c2ccccc2-c2cc3c4cc(C5=CCCC=C5)ccc4n(-c4ccc(C5=CCC(n6c7ccc(-c8ccccc8)cc7c7cc8c(cc76)C(C)(C)c6ccccc6-8)C=C5)cc4)c3cc21. The molecule has 2 aromatic heterocycles. The lowest BCUT2D eigenvalue weighted by Gasteiger charge is -2.23. The van der Waals surface area contributed by atoms with Crippen LogP contribution in [0.2, 0.25) is 0 Å². The van der Waals surface area contributed by atoms with Crippen molar-refractivity contribution in [1.82, 2.24) is 9.13 Å². The van der Waals surface area contributed by atoms with Crippen LogP contribution in [0.15, 0.2) is 200 Å². The standard InChI is InChI=1S/C66H52N2/c1-65(2)57-21-13-11-19-49(57)51-37-55-53-35-45(41-15-7-5-8-16-41)27-33-61(53)67(63(55)39-59(51)65)47-29-23-43(24-30-47)44-25-31-48(32-26-44)68-62-34-28-46(42-17-9-6-10-18-42)36-54(62)56-38-52-50-20-12-14-22-58(50)66(3,4)60(52)40-64(56)68/h5,7-9,11-29,31-40,47H,6,10,30H2,1-4H3. The molecule has 4 aliphatic rings. The van der Waals surface area contributed by atoms with Crippen molar-refractivity contribution in [3.05, 3.63) is 234 Å². The first-order valence-corrected chi connectivity index (χ1v) is 24.6. The first kappa shape index (κ1) is 39.5. The molecule has 0 saturated heterocycles. The summed E-state index contributed by atoms with van der Waals surface area (Å²) in [7, 11) is 0. The van der Waals surface area contributed by atoms with Gasteiger partial charge < -0.3 is 9.13 Å². The molecule has 0 fully saturated rings. The fourth-order valence-electron chi connectivity index (χ4n) is 12.7. The topological polar surface area (TPSA) is 9.86 Å². The molecule has 68 heavy (non-hydrogen) atoms. The molecule has 2 nitrogen and oxygen atoms in total. The molecule has 8 aromatic carbocycles. The molecule has 0 saturated carbocycles. The van der Waals surface area contributed by atoms with E-state index in [1.165, 1.54) is 127 Å². The maximum absolute atomic E-state index is 2.62. The van der Waals surface area contributed by atoms with Crippen LogP contribution in [0.25, 0.3) is 93.8 Å². The largest absolute Gasteiger partial charge is 0.333 e. The summed E-state index contributed by atoms with van der Waals surface area (Å²) in [5, 5.41) is 5.24. The van der Waals surface area contributed by atoms with Crippen molar-refractivity contribution in [3.63, 3.8) is 0 Å². The zero-order chi connectivity index (χ0) is 45.5. The van der Waals surface area contributed by atoms with Gasteiger partial charge in [-0.2, -0.15) is 0 Å². The molecule has 2 heteroatoms. The van der Waals surface area contributed by atoms with Crippen LogP contribution in [-0.4, -0.2) is 9.13 Å². The van der Waals surface area contributed by atoms with Crippen LogP contribution in [0.3, 0.4) is 0 Å². The molecule has 1 atom stereocenters. The van der Waals surface area contributed by atoms with Crippen LogP contribution >= 0.6 is 0 Å². The highest BCUT2D eigenvalue weighted by atomic mass is 15.0. The highest BCUT2D eigenvalue weighted by Gasteiger charge is 2.38. The van der Waals surface area contributed by atoms with E-state index in [9.17, 15) is 0 Å². The first-order valence-electron chi connectivity index (χ1n) is 24.6. The molecular weight excluding hydrogens is 821 g/mol. The zero-order valence-corrected chi connectivity index (χ0v) is 39.1. The Kier molecular flexibility index (Phi) is 8.37. The fraction of sp³-hybridized carbons (Fsp3) is 0.152. The van der Waals surface area contributed by atoms with E-state index in [0.717, 1.165) is 19.3 Å². The van der Waals surface area contributed by atoms with E-state index in [4.69, 9.17) is 0 Å². The second-order valence-electron chi connectivity index (χ2n) is 20.7. The van der Waals surface area contributed by atoms with Crippen LogP contribution in [0.5, 0.6) is 0 Å². The second kappa shape index (κ2) is 14.4. The molecule has 2 heterocycles. The maximum Gasteiger partial charge on any atom is 0.0560 e. The zero-order valence-electron chi connectivity index (χ0n) is 39.1. The summed E-state index contributed by atoms with van der Waals surface area (Å²) in [6.45, 7) is 9.55. The first-order chi connectivity index (χ1) is 33.2. The number of benzene rings is 8. The van der Waals surface area contributed by atoms with E-state index < -0.39 is 0 Å². The van der Waals surface area contributed by atoms with E-state index >= 15 is 0 Å². The lowest BCUT2D eigenvalue weighted by atomic mass is 9.82. The normalized spacial score (nSPS) is 17.4. The minimum absolute atomic E-state index is 0.0762. The van der Waals surface area contributed by atoms with Crippen LogP contribution in [0.1, 0.15) is 86.4 Å². The molecule has 0 N–H and O–H groups in total. The van der Waals surface area contributed by atoms with Gasteiger partial charge in [0.1, 0.15) is 0 Å². The predicted molar refractivity (Wildman–Crippen MR) is 288 cm³/mol. The molecule has 0 aliphatic heterocycles. The number of hydrogen-bond acceptors (Lipinski definition) is 0. The maximum atomic E-state index is 2.62. The van der Waals surface area contributed by atoms with Crippen LogP contribution in [0.4, 0.5) is 0 Å². The van der Waals surface area contributed by atoms with Gasteiger partial charge in [0.2, 0.25) is 0 Å². The van der Waals surface area contributed by atoms with E-state index in [0.29, 0.717) is 0 Å². The number of hydrogen-bond donors (Lipinski definition) is 0. The third-order valence-corrected chi connectivity index (χ3v) is 16.3. The predicted octanol–water partition coefficient (Wildman–Crippen LogP) is 17.5. The van der Waals surface area contributed by atoms with Crippen LogP contribution < -0.4 is 0 Å². The lowest BCUT2D eigenvalue weighted by molar-refractivity contribution is 0.644. The number of nitrogens with zero attached hydrogens (tertiary/aromatic N) is 2. The van der Waals surface area contributed by atoms with Gasteiger partial charge in [-0.05, 0) is 158 Å². The lowest BCUT2D eigenvalue weighted by Crippen LogP contribution is -2.15. The molecule has 14 rings (SSSR count). The number of allylic oxidation sites excluding steroid dienone is 8. The molecule has 10 aromatic rings. The van der Waals surface area contributed by atoms with Crippen LogP contribution in [-0.2, 0) is 10.8 Å². The summed E-state index contributed by atoms with van der Waals surface area (Å²) < 4.78 is 5.13. The van der Waals surface area contributed by atoms with Crippen molar-refractivity contribution in [3.8, 4) is 39.1 Å². The van der Waals surface area contributed by atoms with E-state index in [1.807, 2.05) is 0 Å². The molecule has 326 valence electrons. The molecule has 4 aliphatic carbocycles. The van der Waals surface area contributed by atoms with E-state index in [-0.39, 0.29) is 16.9 Å². The van der Waals surface area contributed by atoms with Crippen LogP contribution in [0, 0.1) is 0 Å². The van der Waals surface area contributed by atoms with Gasteiger partial charge in [0, 0.05) is 43.6 Å². The Morgan fingerprint density at radius 1 is 0.412 bits per heavy atom. The molecule has 0 bridgehead atoms. The average molecular weight is 873 g/mol. The van der Waals surface area contributed by atoms with Gasteiger partial charge >= 0.3 is 0 Å². The summed E-state index contributed by atoms with van der Waals surface area (Å²) in [4.78, 5) is 0. The molecule has 0 spiro atoms. The van der Waals surface area contributed by atoms with Crippen molar-refractivity contribution in [2.75, 3.05) is 0 Å². The smallest absolute Gasteiger partial charge is 0.0560 e. The highest BCUT2D eigenvalue weighted by molar-refractivity contribution is 6.13. The van der Waals surface area contributed by atoms with E-state index in [1.54, 1.807) is 0 Å². The number of rotatable bonds is 5. The Morgan fingerprint density at radius 3 is 1.66 bits per heavy atom. The van der Waals surface area contributed by atoms with Gasteiger partial charge in [-0.25, -0.2) is 0 Å². The summed E-state index contributed by atoms with van der Waals surface area (Å²) in [6, 6.07) is 62.5. The van der Waals surface area contributed by atoms with Crippen molar-refractivity contribution < 1.29 is 0 Å². The Bertz CT molecular complexity index is 3910. The van der Waals surface area contributed by atoms with Gasteiger partial charge in [0.15, 0.2) is 0 Å². The van der Waals surface area contributed by atoms with Gasteiger partial charge in [-0.1, -0.05) is 167 Å². The third-order valence-electron chi connectivity index (χ3n) is 16.3. The Morgan fingerprint density at radius 2 is 0.985 bits per heavy atom. The third kappa shape index (κ3) is 5.64. The minimum atomic E-state index is -0.0847. The van der Waals surface area contributed by atoms with Crippen molar-refractivity contribution in [1.29, 1.82) is 0 Å². The Hall–Kier alpha value is -7.68. The Balaban J connectivity index is 0.850. The molecule has 1 unspecified atom stereocenters. The highest BCUT2D eigenvalue weighted by Crippen LogP contribution is 2.53.